The van der Waals surface area contributed by atoms with Crippen LogP contribution < -0.4 is 5.73 Å². The normalized spacial score (nSPS) is 12.1. The van der Waals surface area contributed by atoms with Crippen molar-refractivity contribution in [3.8, 4) is 11.8 Å². The zero-order valence-electron chi connectivity index (χ0n) is 11.5. The summed E-state index contributed by atoms with van der Waals surface area (Å²) in [5.41, 5.74) is 5.95. The first-order chi connectivity index (χ1) is 9.58. The predicted octanol–water partition coefficient (Wildman–Crippen LogP) is 1.49. The molecule has 0 saturated carbocycles. The van der Waals surface area contributed by atoms with E-state index in [2.05, 4.69) is 11.8 Å². The van der Waals surface area contributed by atoms with Gasteiger partial charge in [0.05, 0.1) is 11.4 Å². The summed E-state index contributed by atoms with van der Waals surface area (Å²) in [5.74, 6) is 5.21. The SMILES string of the molecule is Cc1ccc(C#CCN)cc1S(=O)(=O)N(C)CC(F)(F)F. The van der Waals surface area contributed by atoms with Gasteiger partial charge in [0.2, 0.25) is 10.0 Å². The maximum atomic E-state index is 12.4. The van der Waals surface area contributed by atoms with Gasteiger partial charge in [0.1, 0.15) is 6.54 Å². The van der Waals surface area contributed by atoms with Crippen LogP contribution in [0, 0.1) is 18.8 Å². The van der Waals surface area contributed by atoms with Crippen molar-refractivity contribution in [2.45, 2.75) is 18.0 Å². The van der Waals surface area contributed by atoms with Crippen molar-refractivity contribution in [3.63, 3.8) is 0 Å². The lowest BCUT2D eigenvalue weighted by Gasteiger charge is -2.20. The Morgan fingerprint density at radius 3 is 2.48 bits per heavy atom. The van der Waals surface area contributed by atoms with E-state index in [1.807, 2.05) is 0 Å². The fraction of sp³-hybridized carbons (Fsp3) is 0.385. The zero-order chi connectivity index (χ0) is 16.3. The van der Waals surface area contributed by atoms with Crippen LogP contribution in [0.2, 0.25) is 0 Å². The number of nitrogens with two attached hydrogens (primary N) is 1. The third-order valence-electron chi connectivity index (χ3n) is 2.61. The molecular formula is C13H15F3N2O2S. The Morgan fingerprint density at radius 1 is 1.33 bits per heavy atom. The van der Waals surface area contributed by atoms with Crippen LogP contribution in [0.5, 0.6) is 0 Å². The van der Waals surface area contributed by atoms with E-state index in [1.54, 1.807) is 6.07 Å². The highest BCUT2D eigenvalue weighted by molar-refractivity contribution is 7.89. The highest BCUT2D eigenvalue weighted by Crippen LogP contribution is 2.24. The zero-order valence-corrected chi connectivity index (χ0v) is 12.3. The number of halogens is 3. The predicted molar refractivity (Wildman–Crippen MR) is 73.0 cm³/mol. The first-order valence-electron chi connectivity index (χ1n) is 5.90. The van der Waals surface area contributed by atoms with Gasteiger partial charge in [0.25, 0.3) is 0 Å². The van der Waals surface area contributed by atoms with E-state index < -0.39 is 22.7 Å². The van der Waals surface area contributed by atoms with Crippen LogP contribution in [0.4, 0.5) is 13.2 Å². The van der Waals surface area contributed by atoms with Gasteiger partial charge < -0.3 is 5.73 Å². The molecule has 0 spiro atoms. The van der Waals surface area contributed by atoms with Crippen LogP contribution in [0.1, 0.15) is 11.1 Å². The Bertz CT molecular complexity index is 673. The van der Waals surface area contributed by atoms with Crippen LogP contribution in [-0.4, -0.2) is 39.0 Å². The molecule has 0 unspecified atom stereocenters. The van der Waals surface area contributed by atoms with E-state index in [4.69, 9.17) is 5.73 Å². The average molecular weight is 320 g/mol. The number of hydrogen-bond acceptors (Lipinski definition) is 3. The molecule has 4 nitrogen and oxygen atoms in total. The minimum absolute atomic E-state index is 0.101. The molecule has 1 aromatic carbocycles. The lowest BCUT2D eigenvalue weighted by Crippen LogP contribution is -2.36. The first-order valence-corrected chi connectivity index (χ1v) is 7.34. The third kappa shape index (κ3) is 4.74. The second kappa shape index (κ2) is 6.47. The summed E-state index contributed by atoms with van der Waals surface area (Å²) in [7, 11) is -3.35. The van der Waals surface area contributed by atoms with Crippen molar-refractivity contribution >= 4 is 10.0 Å². The van der Waals surface area contributed by atoms with Gasteiger partial charge in [-0.3, -0.25) is 0 Å². The topological polar surface area (TPSA) is 63.4 Å². The summed E-state index contributed by atoms with van der Waals surface area (Å²) < 4.78 is 61.8. The molecule has 0 saturated heterocycles. The van der Waals surface area contributed by atoms with Gasteiger partial charge >= 0.3 is 6.18 Å². The standard InChI is InChI=1S/C13H15F3N2O2S/c1-10-5-6-11(4-3-7-17)8-12(10)21(19,20)18(2)9-13(14,15)16/h5-6,8H,7,9,17H2,1-2H3. The molecule has 1 rings (SSSR count). The second-order valence-electron chi connectivity index (χ2n) is 4.36. The average Bonchev–Trinajstić information content (AvgIpc) is 2.35. The van der Waals surface area contributed by atoms with Crippen molar-refractivity contribution in [1.82, 2.24) is 4.31 Å². The van der Waals surface area contributed by atoms with E-state index in [0.29, 0.717) is 11.1 Å². The molecule has 0 aromatic heterocycles. The van der Waals surface area contributed by atoms with E-state index in [1.165, 1.54) is 19.1 Å². The van der Waals surface area contributed by atoms with Gasteiger partial charge in [-0.2, -0.15) is 17.5 Å². The minimum atomic E-state index is -4.60. The Balaban J connectivity index is 3.24. The number of alkyl halides is 3. The fourth-order valence-corrected chi connectivity index (χ4v) is 3.02. The summed E-state index contributed by atoms with van der Waals surface area (Å²) in [6.45, 7) is 0.0614. The van der Waals surface area contributed by atoms with Gasteiger partial charge in [-0.05, 0) is 24.6 Å². The molecule has 116 valence electrons. The van der Waals surface area contributed by atoms with Crippen molar-refractivity contribution in [1.29, 1.82) is 0 Å². The van der Waals surface area contributed by atoms with E-state index >= 15 is 0 Å². The molecule has 0 aliphatic carbocycles. The maximum absolute atomic E-state index is 12.4. The largest absolute Gasteiger partial charge is 0.402 e. The van der Waals surface area contributed by atoms with Crippen molar-refractivity contribution < 1.29 is 21.6 Å². The Labute approximate surface area is 121 Å². The van der Waals surface area contributed by atoms with Gasteiger partial charge in [-0.15, -0.1) is 0 Å². The van der Waals surface area contributed by atoms with Gasteiger partial charge in [0.15, 0.2) is 0 Å². The highest BCUT2D eigenvalue weighted by Gasteiger charge is 2.35. The molecule has 8 heteroatoms. The van der Waals surface area contributed by atoms with E-state index in [0.717, 1.165) is 7.05 Å². The van der Waals surface area contributed by atoms with Crippen LogP contribution in [0.15, 0.2) is 23.1 Å². The summed E-state index contributed by atoms with van der Waals surface area (Å²) in [6.07, 6.45) is -4.60. The van der Waals surface area contributed by atoms with Crippen molar-refractivity contribution in [2.24, 2.45) is 5.73 Å². The van der Waals surface area contributed by atoms with Crippen molar-refractivity contribution in [3.05, 3.63) is 29.3 Å². The molecule has 21 heavy (non-hydrogen) atoms. The van der Waals surface area contributed by atoms with E-state index in [9.17, 15) is 21.6 Å². The Kier molecular flexibility index (Phi) is 5.39. The number of benzene rings is 1. The quantitative estimate of drug-likeness (QED) is 0.858. The summed E-state index contributed by atoms with van der Waals surface area (Å²) in [6, 6.07) is 4.33. The molecule has 0 bridgehead atoms. The molecular weight excluding hydrogens is 305 g/mol. The molecule has 0 aliphatic heterocycles. The highest BCUT2D eigenvalue weighted by atomic mass is 32.2. The van der Waals surface area contributed by atoms with Gasteiger partial charge in [-0.25, -0.2) is 8.42 Å². The third-order valence-corrected chi connectivity index (χ3v) is 4.56. The van der Waals surface area contributed by atoms with Gasteiger partial charge in [0, 0.05) is 12.6 Å². The lowest BCUT2D eigenvalue weighted by atomic mass is 10.1. The number of sulfonamides is 1. The van der Waals surface area contributed by atoms with Gasteiger partial charge in [-0.1, -0.05) is 17.9 Å². The minimum Gasteiger partial charge on any atom is -0.320 e. The van der Waals surface area contributed by atoms with E-state index in [-0.39, 0.29) is 15.7 Å². The molecule has 0 atom stereocenters. The number of nitrogens with zero attached hydrogens (tertiary/aromatic N) is 1. The number of aryl methyl sites for hydroxylation is 1. The molecule has 0 radical (unpaired) electrons. The van der Waals surface area contributed by atoms with Crippen molar-refractivity contribution in [2.75, 3.05) is 20.1 Å². The Morgan fingerprint density at radius 2 is 1.95 bits per heavy atom. The first kappa shape index (κ1) is 17.5. The summed E-state index contributed by atoms with van der Waals surface area (Å²) >= 11 is 0. The van der Waals surface area contributed by atoms with Crippen LogP contribution >= 0.6 is 0 Å². The Hall–Kier alpha value is -1.56. The van der Waals surface area contributed by atoms with Crippen LogP contribution in [0.3, 0.4) is 0 Å². The monoisotopic (exact) mass is 320 g/mol. The van der Waals surface area contributed by atoms with Crippen LogP contribution in [-0.2, 0) is 10.0 Å². The number of rotatable bonds is 3. The molecule has 1 aromatic rings. The maximum Gasteiger partial charge on any atom is 0.402 e. The summed E-state index contributed by atoms with van der Waals surface area (Å²) in [4.78, 5) is -0.196. The second-order valence-corrected chi connectivity index (χ2v) is 6.38. The smallest absolute Gasteiger partial charge is 0.320 e. The number of hydrogen-bond donors (Lipinski definition) is 1. The van der Waals surface area contributed by atoms with Crippen LogP contribution in [0.25, 0.3) is 0 Å². The lowest BCUT2D eigenvalue weighted by molar-refractivity contribution is -0.134. The molecule has 0 aliphatic rings. The molecule has 2 N–H and O–H groups in total. The fourth-order valence-electron chi connectivity index (χ4n) is 1.61. The molecule has 0 fully saturated rings. The summed E-state index contributed by atoms with van der Waals surface area (Å²) in [5, 5.41) is 0. The molecule has 0 heterocycles. The molecule has 0 amide bonds.